The maximum absolute atomic E-state index is 2.27. The van der Waals surface area contributed by atoms with E-state index in [0.29, 0.717) is 0 Å². The van der Waals surface area contributed by atoms with Crippen LogP contribution in [0.2, 0.25) is 13.1 Å². The van der Waals surface area contributed by atoms with Gasteiger partial charge in [0.05, 0.1) is 0 Å². The molecule has 0 aliphatic carbocycles. The average Bonchev–Trinajstić information content (AvgIpc) is 3.46. The van der Waals surface area contributed by atoms with Gasteiger partial charge < -0.3 is 0 Å². The molecule has 0 aliphatic rings. The summed E-state index contributed by atoms with van der Waals surface area (Å²) in [6.07, 6.45) is 0. The van der Waals surface area contributed by atoms with Gasteiger partial charge in [-0.15, -0.1) is 69.1 Å². The quantitative estimate of drug-likeness (QED) is 0.140. The molecule has 38 heavy (non-hydrogen) atoms. The van der Waals surface area contributed by atoms with Crippen molar-refractivity contribution in [3.05, 3.63) is 131 Å². The Bertz CT molecular complexity index is 1490. The average molecular weight is 588 g/mol. The van der Waals surface area contributed by atoms with E-state index in [9.17, 15) is 0 Å². The molecule has 0 amide bonds. The van der Waals surface area contributed by atoms with Gasteiger partial charge in [-0.2, -0.15) is 12.1 Å². The van der Waals surface area contributed by atoms with Crippen molar-refractivity contribution in [3.8, 4) is 22.3 Å². The SMILES string of the molecule is C[Si]C.Cc1cc2c(-c3ccccc3C)cccc2[cH-]1.Cc1cc2c(-c3ccccc3C)cccc2[cH-]1.[Zr+2]. The molecule has 6 rings (SSSR count). The number of rotatable bonds is 2. The van der Waals surface area contributed by atoms with Crippen LogP contribution < -0.4 is 0 Å². The van der Waals surface area contributed by atoms with Crippen LogP contribution in [-0.2, 0) is 26.2 Å². The van der Waals surface area contributed by atoms with E-state index >= 15 is 0 Å². The van der Waals surface area contributed by atoms with Crippen molar-refractivity contribution in [1.82, 2.24) is 0 Å². The number of hydrogen-bond donors (Lipinski definition) is 0. The van der Waals surface area contributed by atoms with Crippen LogP contribution in [0, 0.1) is 27.7 Å². The second-order valence-corrected chi connectivity index (χ2v) is 10.8. The van der Waals surface area contributed by atoms with E-state index in [4.69, 9.17) is 0 Å². The minimum atomic E-state index is 0. The smallest absolute Gasteiger partial charge is 0.165 e. The van der Waals surface area contributed by atoms with Crippen molar-refractivity contribution >= 4 is 31.1 Å². The fourth-order valence-electron chi connectivity index (χ4n) is 4.99. The Balaban J connectivity index is 0.000000187. The molecule has 0 bridgehead atoms. The van der Waals surface area contributed by atoms with E-state index in [-0.39, 0.29) is 26.2 Å². The van der Waals surface area contributed by atoms with Crippen LogP contribution in [0.15, 0.2) is 109 Å². The molecule has 6 aromatic rings. The zero-order valence-electron chi connectivity index (χ0n) is 23.4. The molecule has 2 radical (unpaired) electrons. The number of hydrogen-bond acceptors (Lipinski definition) is 0. The van der Waals surface area contributed by atoms with E-state index in [1.165, 1.54) is 66.1 Å². The molecule has 0 spiro atoms. The van der Waals surface area contributed by atoms with Crippen molar-refractivity contribution in [2.75, 3.05) is 0 Å². The Labute approximate surface area is 250 Å². The van der Waals surface area contributed by atoms with Gasteiger partial charge in [0.25, 0.3) is 0 Å². The standard InChI is InChI=1S/2C17H15.C2H6Si.Zr/c2*1-12-10-14-7-5-9-16(17(14)11-12)15-8-4-3-6-13(15)2;1-3-2;/h2*3-11H,1-2H3;1-2H3;/q2*-1;;+2. The first kappa shape index (κ1) is 29.8. The topological polar surface area (TPSA) is 0 Å². The van der Waals surface area contributed by atoms with Crippen LogP contribution in [0.1, 0.15) is 22.3 Å². The first-order valence-electron chi connectivity index (χ1n) is 13.0. The summed E-state index contributed by atoms with van der Waals surface area (Å²) >= 11 is 0. The Hall–Kier alpha value is -2.80. The Morgan fingerprint density at radius 1 is 0.474 bits per heavy atom. The molecule has 0 N–H and O–H groups in total. The molecule has 0 aliphatic heterocycles. The zero-order chi connectivity index (χ0) is 26.4. The van der Waals surface area contributed by atoms with Gasteiger partial charge in [-0.25, -0.2) is 0 Å². The van der Waals surface area contributed by atoms with Crippen LogP contribution in [0.25, 0.3) is 43.8 Å². The summed E-state index contributed by atoms with van der Waals surface area (Å²) < 4.78 is 0. The number of aryl methyl sites for hydroxylation is 4. The van der Waals surface area contributed by atoms with E-state index in [1.807, 2.05) is 0 Å². The molecule has 0 heterocycles. The molecule has 0 unspecified atom stereocenters. The van der Waals surface area contributed by atoms with E-state index < -0.39 is 0 Å². The third-order valence-electron chi connectivity index (χ3n) is 6.66. The second-order valence-electron chi connectivity index (χ2n) is 9.81. The monoisotopic (exact) mass is 586 g/mol. The van der Waals surface area contributed by atoms with Gasteiger partial charge in [-0.1, -0.05) is 98.7 Å². The van der Waals surface area contributed by atoms with Gasteiger partial charge in [0.2, 0.25) is 0 Å². The Morgan fingerprint density at radius 3 is 1.18 bits per heavy atom. The summed E-state index contributed by atoms with van der Waals surface area (Å²) in [4.78, 5) is 0. The van der Waals surface area contributed by atoms with Crippen molar-refractivity contribution in [2.45, 2.75) is 40.8 Å². The van der Waals surface area contributed by atoms with Crippen LogP contribution >= 0.6 is 0 Å². The van der Waals surface area contributed by atoms with Crippen LogP contribution in [0.3, 0.4) is 0 Å². The predicted molar refractivity (Wildman–Crippen MR) is 166 cm³/mol. The van der Waals surface area contributed by atoms with Crippen LogP contribution in [-0.4, -0.2) is 9.52 Å². The number of benzene rings is 4. The first-order valence-corrected chi connectivity index (χ1v) is 15.0. The molecule has 188 valence electrons. The maximum atomic E-state index is 2.27. The molecule has 0 nitrogen and oxygen atoms in total. The summed E-state index contributed by atoms with van der Waals surface area (Å²) in [6.45, 7) is 13.0. The molecule has 6 aromatic carbocycles. The minimum absolute atomic E-state index is 0. The van der Waals surface area contributed by atoms with Crippen LogP contribution in [0.4, 0.5) is 0 Å². The Morgan fingerprint density at radius 2 is 0.816 bits per heavy atom. The van der Waals surface area contributed by atoms with Crippen molar-refractivity contribution < 1.29 is 26.2 Å². The van der Waals surface area contributed by atoms with Crippen LogP contribution in [0.5, 0.6) is 0 Å². The van der Waals surface area contributed by atoms with Gasteiger partial charge in [-0.3, -0.25) is 0 Å². The van der Waals surface area contributed by atoms with Gasteiger partial charge in [0.15, 0.2) is 0 Å². The third-order valence-corrected chi connectivity index (χ3v) is 6.66. The molecule has 0 atom stereocenters. The zero-order valence-corrected chi connectivity index (χ0v) is 26.9. The summed E-state index contributed by atoms with van der Waals surface area (Å²) in [5, 5.41) is 5.39. The van der Waals surface area contributed by atoms with E-state index in [2.05, 4.69) is 150 Å². The van der Waals surface area contributed by atoms with Crippen molar-refractivity contribution in [1.29, 1.82) is 0 Å². The molecule has 2 heteroatoms. The summed E-state index contributed by atoms with van der Waals surface area (Å²) in [6, 6.07) is 39.3. The molecule has 0 aromatic heterocycles. The third kappa shape index (κ3) is 6.79. The van der Waals surface area contributed by atoms with E-state index in [0.717, 1.165) is 9.52 Å². The minimum Gasteiger partial charge on any atom is -0.165 e. The van der Waals surface area contributed by atoms with Gasteiger partial charge in [-0.05, 0) is 36.1 Å². The largest absolute Gasteiger partial charge is 2.00 e. The summed E-state index contributed by atoms with van der Waals surface area (Å²) in [5.74, 6) is 0. The molecular formula is C36H36SiZr. The fraction of sp³-hybridized carbons (Fsp3) is 0.167. The van der Waals surface area contributed by atoms with Crippen molar-refractivity contribution in [3.63, 3.8) is 0 Å². The number of fused-ring (bicyclic) bond motifs is 2. The second kappa shape index (κ2) is 13.8. The van der Waals surface area contributed by atoms with Gasteiger partial charge in [0, 0.05) is 9.52 Å². The first-order chi connectivity index (χ1) is 17.9. The maximum Gasteiger partial charge on any atom is 2.00 e. The van der Waals surface area contributed by atoms with Crippen molar-refractivity contribution in [2.24, 2.45) is 0 Å². The normalized spacial score (nSPS) is 10.3. The predicted octanol–water partition coefficient (Wildman–Crippen LogP) is 10.5. The van der Waals surface area contributed by atoms with Gasteiger partial charge >= 0.3 is 26.2 Å². The van der Waals surface area contributed by atoms with E-state index in [1.54, 1.807) is 0 Å². The molecule has 0 saturated carbocycles. The summed E-state index contributed by atoms with van der Waals surface area (Å²) in [7, 11) is 1.08. The van der Waals surface area contributed by atoms with Gasteiger partial charge in [0.1, 0.15) is 0 Å². The Kier molecular flexibility index (Phi) is 10.8. The summed E-state index contributed by atoms with van der Waals surface area (Å²) in [5.41, 5.74) is 10.7. The molecule has 0 saturated heterocycles. The molecule has 0 fully saturated rings. The molecular weight excluding hydrogens is 552 g/mol. The fourth-order valence-corrected chi connectivity index (χ4v) is 4.99.